The Morgan fingerprint density at radius 2 is 1.89 bits per heavy atom. The number of carbonyl (C=O) groups excluding carboxylic acids is 3. The highest BCUT2D eigenvalue weighted by Crippen LogP contribution is 2.00. The van der Waals surface area contributed by atoms with Crippen molar-refractivity contribution in [3.8, 4) is 0 Å². The van der Waals surface area contributed by atoms with Crippen LogP contribution in [0.15, 0.2) is 0 Å². The monoisotopic (exact) mass is 257 g/mol. The Balaban J connectivity index is 4.00. The van der Waals surface area contributed by atoms with Gasteiger partial charge in [-0.25, -0.2) is 0 Å². The number of carbonyl (C=O) groups is 2. The summed E-state index contributed by atoms with van der Waals surface area (Å²) in [5.41, 5.74) is 15.8. The van der Waals surface area contributed by atoms with Gasteiger partial charge in [0.25, 0.3) is 0 Å². The number of nitrogens with one attached hydrogen (secondary N) is 1. The van der Waals surface area contributed by atoms with Gasteiger partial charge in [-0.3, -0.25) is 14.4 Å². The minimum atomic E-state index is -0.845. The lowest BCUT2D eigenvalue weighted by Gasteiger charge is -2.15. The molecule has 18 heavy (non-hydrogen) atoms. The maximum absolute atomic E-state index is 11.6. The second-order valence-corrected chi connectivity index (χ2v) is 4.07. The summed E-state index contributed by atoms with van der Waals surface area (Å²) in [7, 11) is 0. The van der Waals surface area contributed by atoms with E-state index in [2.05, 4.69) is 5.32 Å². The molecule has 2 atom stereocenters. The molecule has 0 saturated heterocycles. The Hall–Kier alpha value is -1.47. The van der Waals surface area contributed by atoms with Crippen LogP contribution in [0.4, 0.5) is 0 Å². The number of amides is 2. The van der Waals surface area contributed by atoms with Crippen molar-refractivity contribution in [2.45, 2.75) is 44.2 Å². The first-order chi connectivity index (χ1) is 8.51. The molecule has 0 bridgehead atoms. The molecule has 2 amide bonds. The number of rotatable bonds is 10. The topological polar surface area (TPSA) is 141 Å². The van der Waals surface area contributed by atoms with Crippen molar-refractivity contribution in [1.82, 2.24) is 5.32 Å². The Labute approximate surface area is 106 Å². The van der Waals surface area contributed by atoms with Gasteiger partial charge in [-0.15, -0.1) is 0 Å². The summed E-state index contributed by atoms with van der Waals surface area (Å²) in [5, 5.41) is 2.47. The standard InChI is InChI=1S/C11H21N4O3/c12-6-2-1-3-8(7-16)15-11(18)9(13)4-5-10(14)17/h8-9H,1-6,12-13H2,(H2,14,17)(H,15,18). The third kappa shape index (κ3) is 7.75. The molecule has 2 unspecified atom stereocenters. The molecule has 0 aromatic rings. The van der Waals surface area contributed by atoms with Gasteiger partial charge in [-0.1, -0.05) is 0 Å². The Morgan fingerprint density at radius 3 is 2.39 bits per heavy atom. The zero-order chi connectivity index (χ0) is 14.0. The molecule has 1 radical (unpaired) electrons. The van der Waals surface area contributed by atoms with E-state index in [0.717, 1.165) is 12.8 Å². The lowest BCUT2D eigenvalue weighted by Crippen LogP contribution is -2.46. The van der Waals surface area contributed by atoms with Crippen LogP contribution in [-0.4, -0.2) is 36.7 Å². The number of nitrogens with two attached hydrogens (primary N) is 3. The van der Waals surface area contributed by atoms with Crippen molar-refractivity contribution < 1.29 is 14.4 Å². The molecule has 0 saturated carbocycles. The largest absolute Gasteiger partial charge is 0.370 e. The molecule has 0 aliphatic heterocycles. The second-order valence-electron chi connectivity index (χ2n) is 4.07. The first-order valence-corrected chi connectivity index (χ1v) is 5.93. The van der Waals surface area contributed by atoms with Gasteiger partial charge in [0.05, 0.1) is 12.1 Å². The number of hydrogen-bond donors (Lipinski definition) is 4. The minimum Gasteiger partial charge on any atom is -0.370 e. The van der Waals surface area contributed by atoms with E-state index in [9.17, 15) is 14.4 Å². The summed E-state index contributed by atoms with van der Waals surface area (Å²) in [6.45, 7) is 0.539. The molecule has 0 aromatic carbocycles. The van der Waals surface area contributed by atoms with Crippen LogP contribution in [-0.2, 0) is 14.4 Å². The zero-order valence-corrected chi connectivity index (χ0v) is 10.4. The number of unbranched alkanes of at least 4 members (excludes halogenated alkanes) is 1. The van der Waals surface area contributed by atoms with E-state index >= 15 is 0 Å². The summed E-state index contributed by atoms with van der Waals surface area (Å²) < 4.78 is 0. The van der Waals surface area contributed by atoms with Crippen LogP contribution in [0.2, 0.25) is 0 Å². The molecule has 0 aromatic heterocycles. The van der Waals surface area contributed by atoms with E-state index < -0.39 is 23.9 Å². The molecule has 0 heterocycles. The lowest BCUT2D eigenvalue weighted by molar-refractivity contribution is -0.123. The first kappa shape index (κ1) is 16.5. The Bertz CT molecular complexity index is 283. The van der Waals surface area contributed by atoms with E-state index in [0.29, 0.717) is 13.0 Å². The Morgan fingerprint density at radius 1 is 1.22 bits per heavy atom. The smallest absolute Gasteiger partial charge is 0.237 e. The third-order valence-corrected chi connectivity index (χ3v) is 2.44. The second kappa shape index (κ2) is 9.55. The average Bonchev–Trinajstić information content (AvgIpc) is 2.34. The van der Waals surface area contributed by atoms with Crippen LogP contribution in [0, 0.1) is 0 Å². The van der Waals surface area contributed by atoms with E-state index in [4.69, 9.17) is 17.2 Å². The van der Waals surface area contributed by atoms with E-state index in [1.165, 1.54) is 0 Å². The maximum Gasteiger partial charge on any atom is 0.237 e. The molecular weight excluding hydrogens is 236 g/mol. The SMILES string of the molecule is NCCCCC([C]=O)NC(=O)C(N)CCC(N)=O. The van der Waals surface area contributed by atoms with Gasteiger partial charge < -0.3 is 22.5 Å². The van der Waals surface area contributed by atoms with Crippen LogP contribution in [0.25, 0.3) is 0 Å². The predicted molar refractivity (Wildman–Crippen MR) is 66.9 cm³/mol. The van der Waals surface area contributed by atoms with Gasteiger partial charge in [0, 0.05) is 6.42 Å². The average molecular weight is 257 g/mol. The fourth-order valence-electron chi connectivity index (χ4n) is 1.36. The first-order valence-electron chi connectivity index (χ1n) is 5.93. The molecular formula is C11H21N4O3. The summed E-state index contributed by atoms with van der Waals surface area (Å²) in [6.07, 6.45) is 3.93. The van der Waals surface area contributed by atoms with E-state index in [1.54, 1.807) is 6.29 Å². The van der Waals surface area contributed by atoms with Crippen molar-refractivity contribution >= 4 is 18.1 Å². The van der Waals surface area contributed by atoms with Gasteiger partial charge in [0.15, 0.2) is 0 Å². The molecule has 0 aliphatic carbocycles. The number of hydrogen-bond acceptors (Lipinski definition) is 5. The number of primary amides is 1. The normalized spacial score (nSPS) is 13.7. The fourth-order valence-corrected chi connectivity index (χ4v) is 1.36. The lowest BCUT2D eigenvalue weighted by atomic mass is 10.1. The molecule has 7 heteroatoms. The van der Waals surface area contributed by atoms with Crippen molar-refractivity contribution in [2.24, 2.45) is 17.2 Å². The predicted octanol–water partition coefficient (Wildman–Crippen LogP) is -1.70. The van der Waals surface area contributed by atoms with E-state index in [-0.39, 0.29) is 12.8 Å². The van der Waals surface area contributed by atoms with E-state index in [1.807, 2.05) is 0 Å². The molecule has 0 spiro atoms. The highest BCUT2D eigenvalue weighted by Gasteiger charge is 2.18. The molecule has 0 aliphatic rings. The highest BCUT2D eigenvalue weighted by atomic mass is 16.2. The molecule has 0 rings (SSSR count). The van der Waals surface area contributed by atoms with Crippen molar-refractivity contribution in [3.63, 3.8) is 0 Å². The van der Waals surface area contributed by atoms with Gasteiger partial charge >= 0.3 is 0 Å². The van der Waals surface area contributed by atoms with Crippen LogP contribution in [0.3, 0.4) is 0 Å². The zero-order valence-electron chi connectivity index (χ0n) is 10.4. The van der Waals surface area contributed by atoms with Crippen LogP contribution in [0.5, 0.6) is 0 Å². The van der Waals surface area contributed by atoms with Gasteiger partial charge in [0.2, 0.25) is 18.1 Å². The van der Waals surface area contributed by atoms with Crippen molar-refractivity contribution in [1.29, 1.82) is 0 Å². The maximum atomic E-state index is 11.6. The molecule has 7 nitrogen and oxygen atoms in total. The van der Waals surface area contributed by atoms with Gasteiger partial charge in [0.1, 0.15) is 0 Å². The summed E-state index contributed by atoms with van der Waals surface area (Å²) >= 11 is 0. The van der Waals surface area contributed by atoms with Crippen molar-refractivity contribution in [2.75, 3.05) is 6.54 Å². The van der Waals surface area contributed by atoms with Crippen LogP contribution < -0.4 is 22.5 Å². The summed E-state index contributed by atoms with van der Waals surface area (Å²) in [4.78, 5) is 32.7. The van der Waals surface area contributed by atoms with Crippen LogP contribution >= 0.6 is 0 Å². The molecule has 0 fully saturated rings. The quantitative estimate of drug-likeness (QED) is 0.345. The molecule has 103 valence electrons. The van der Waals surface area contributed by atoms with Gasteiger partial charge in [-0.05, 0) is 32.2 Å². The van der Waals surface area contributed by atoms with Crippen LogP contribution in [0.1, 0.15) is 32.1 Å². The Kier molecular flexibility index (Phi) is 8.77. The van der Waals surface area contributed by atoms with Gasteiger partial charge in [-0.2, -0.15) is 0 Å². The summed E-state index contributed by atoms with van der Waals surface area (Å²) in [5.74, 6) is -0.989. The minimum absolute atomic E-state index is 0.0389. The highest BCUT2D eigenvalue weighted by molar-refractivity contribution is 5.85. The summed E-state index contributed by atoms with van der Waals surface area (Å²) in [6, 6.07) is -1.52. The fraction of sp³-hybridized carbons (Fsp3) is 0.727. The third-order valence-electron chi connectivity index (χ3n) is 2.44. The van der Waals surface area contributed by atoms with Crippen molar-refractivity contribution in [3.05, 3.63) is 0 Å². The molecule has 7 N–H and O–H groups in total.